The molecule has 0 bridgehead atoms. The van der Waals surface area contributed by atoms with Crippen LogP contribution in [-0.2, 0) is 5.75 Å². The zero-order valence-electron chi connectivity index (χ0n) is 3.53. The van der Waals surface area contributed by atoms with E-state index in [0.29, 0.717) is 11.6 Å². The highest BCUT2D eigenvalue weighted by molar-refractivity contribution is 7.79. The van der Waals surface area contributed by atoms with Crippen LogP contribution >= 0.6 is 12.6 Å². The largest absolute Gasteiger partial charge is 0.339 e. The number of thiol groups is 1. The van der Waals surface area contributed by atoms with Gasteiger partial charge < -0.3 is 4.52 Å². The van der Waals surface area contributed by atoms with Crippen LogP contribution in [0.4, 0.5) is 0 Å². The van der Waals surface area contributed by atoms with E-state index in [1.165, 1.54) is 6.33 Å². The Morgan fingerprint density at radius 1 is 1.86 bits per heavy atom. The summed E-state index contributed by atoms with van der Waals surface area (Å²) in [6.07, 6.45) is 1.35. The van der Waals surface area contributed by atoms with Crippen LogP contribution in [0.25, 0.3) is 0 Å². The summed E-state index contributed by atoms with van der Waals surface area (Å²) in [7, 11) is 0. The second-order valence-electron chi connectivity index (χ2n) is 0.993. The van der Waals surface area contributed by atoms with E-state index in [1.807, 2.05) is 0 Å². The SMILES string of the molecule is SCc1ncno1. The highest BCUT2D eigenvalue weighted by Crippen LogP contribution is 1.92. The number of hydrogen-bond donors (Lipinski definition) is 1. The summed E-state index contributed by atoms with van der Waals surface area (Å²) in [5.74, 6) is 1.07. The van der Waals surface area contributed by atoms with Gasteiger partial charge in [-0.3, -0.25) is 0 Å². The zero-order valence-corrected chi connectivity index (χ0v) is 4.43. The molecule has 1 aromatic heterocycles. The number of rotatable bonds is 1. The van der Waals surface area contributed by atoms with Crippen molar-refractivity contribution >= 4 is 12.6 Å². The van der Waals surface area contributed by atoms with Gasteiger partial charge in [-0.25, -0.2) is 0 Å². The number of nitrogens with zero attached hydrogens (tertiary/aromatic N) is 2. The number of aromatic nitrogens is 2. The first kappa shape index (κ1) is 4.64. The van der Waals surface area contributed by atoms with Crippen molar-refractivity contribution in [2.24, 2.45) is 0 Å². The van der Waals surface area contributed by atoms with Crippen molar-refractivity contribution in [3.8, 4) is 0 Å². The minimum Gasteiger partial charge on any atom is -0.339 e. The van der Waals surface area contributed by atoms with E-state index in [2.05, 4.69) is 27.3 Å². The van der Waals surface area contributed by atoms with Gasteiger partial charge in [-0.05, 0) is 0 Å². The molecular weight excluding hydrogens is 112 g/mol. The topological polar surface area (TPSA) is 38.9 Å². The summed E-state index contributed by atoms with van der Waals surface area (Å²) in [6.45, 7) is 0. The monoisotopic (exact) mass is 116 g/mol. The summed E-state index contributed by atoms with van der Waals surface area (Å²) in [6, 6.07) is 0. The van der Waals surface area contributed by atoms with Crippen molar-refractivity contribution < 1.29 is 4.52 Å². The van der Waals surface area contributed by atoms with Crippen LogP contribution in [0, 0.1) is 0 Å². The van der Waals surface area contributed by atoms with Gasteiger partial charge in [0.25, 0.3) is 0 Å². The van der Waals surface area contributed by atoms with Crippen molar-refractivity contribution in [2.75, 3.05) is 0 Å². The molecule has 0 saturated carbocycles. The Hall–Kier alpha value is -0.510. The maximum Gasteiger partial charge on any atom is 0.236 e. The molecular formula is C3H4N2OS. The Bertz CT molecular complexity index is 127. The molecule has 0 aliphatic heterocycles. The molecule has 1 aromatic rings. The van der Waals surface area contributed by atoms with E-state index in [4.69, 9.17) is 0 Å². The number of hydrogen-bond acceptors (Lipinski definition) is 4. The molecule has 0 aliphatic rings. The van der Waals surface area contributed by atoms with Crippen LogP contribution in [0.5, 0.6) is 0 Å². The smallest absolute Gasteiger partial charge is 0.236 e. The van der Waals surface area contributed by atoms with E-state index >= 15 is 0 Å². The molecule has 0 radical (unpaired) electrons. The molecule has 1 heterocycles. The minimum absolute atomic E-state index is 0.514. The average molecular weight is 116 g/mol. The van der Waals surface area contributed by atoms with E-state index in [0.717, 1.165) is 0 Å². The highest BCUT2D eigenvalue weighted by Gasteiger charge is 1.89. The summed E-state index contributed by atoms with van der Waals surface area (Å²) in [4.78, 5) is 3.68. The Kier molecular flexibility index (Phi) is 1.31. The molecule has 0 aliphatic carbocycles. The second-order valence-corrected chi connectivity index (χ2v) is 1.31. The molecule has 0 fully saturated rings. The molecule has 0 spiro atoms. The molecule has 38 valence electrons. The van der Waals surface area contributed by atoms with Crippen LogP contribution in [0.15, 0.2) is 10.9 Å². The first-order chi connectivity index (χ1) is 3.43. The third-order valence-electron chi connectivity index (χ3n) is 0.542. The van der Waals surface area contributed by atoms with E-state index in [9.17, 15) is 0 Å². The van der Waals surface area contributed by atoms with E-state index < -0.39 is 0 Å². The molecule has 7 heavy (non-hydrogen) atoms. The van der Waals surface area contributed by atoms with Crippen molar-refractivity contribution in [2.45, 2.75) is 5.75 Å². The van der Waals surface area contributed by atoms with Crippen LogP contribution in [0.1, 0.15) is 5.89 Å². The summed E-state index contributed by atoms with van der Waals surface area (Å²) in [5, 5.41) is 3.36. The summed E-state index contributed by atoms with van der Waals surface area (Å²) in [5.41, 5.74) is 0. The van der Waals surface area contributed by atoms with E-state index in [-0.39, 0.29) is 0 Å². The predicted octanol–water partition coefficient (Wildman–Crippen LogP) is 0.499. The normalized spacial score (nSPS) is 9.29. The van der Waals surface area contributed by atoms with Gasteiger partial charge >= 0.3 is 0 Å². The lowest BCUT2D eigenvalue weighted by molar-refractivity contribution is 0.390. The standard InChI is InChI=1S/C3H4N2OS/c7-1-3-4-2-5-6-3/h2,7H,1H2. The lowest BCUT2D eigenvalue weighted by Crippen LogP contribution is -1.70. The lowest BCUT2D eigenvalue weighted by Gasteiger charge is -1.73. The Morgan fingerprint density at radius 2 is 2.71 bits per heavy atom. The Labute approximate surface area is 46.1 Å². The van der Waals surface area contributed by atoms with Gasteiger partial charge in [0.2, 0.25) is 5.89 Å². The molecule has 0 unspecified atom stereocenters. The summed E-state index contributed by atoms with van der Waals surface area (Å²) < 4.78 is 4.55. The van der Waals surface area contributed by atoms with Gasteiger partial charge in [0, 0.05) is 0 Å². The molecule has 0 amide bonds. The predicted molar refractivity (Wildman–Crippen MR) is 27.0 cm³/mol. The lowest BCUT2D eigenvalue weighted by atomic mass is 10.8. The third kappa shape index (κ3) is 0.928. The fourth-order valence-electron chi connectivity index (χ4n) is 0.266. The molecule has 0 N–H and O–H groups in total. The van der Waals surface area contributed by atoms with Gasteiger partial charge in [-0.2, -0.15) is 17.6 Å². The molecule has 3 nitrogen and oxygen atoms in total. The van der Waals surface area contributed by atoms with Crippen molar-refractivity contribution in [1.82, 2.24) is 10.1 Å². The van der Waals surface area contributed by atoms with Gasteiger partial charge in [0.15, 0.2) is 6.33 Å². The minimum atomic E-state index is 0.514. The Morgan fingerprint density at radius 3 is 3.00 bits per heavy atom. The quantitative estimate of drug-likeness (QED) is 0.543. The highest BCUT2D eigenvalue weighted by atomic mass is 32.1. The summed E-state index contributed by atoms with van der Waals surface area (Å²) >= 11 is 3.88. The zero-order chi connectivity index (χ0) is 5.11. The maximum absolute atomic E-state index is 4.55. The van der Waals surface area contributed by atoms with Crippen molar-refractivity contribution in [3.63, 3.8) is 0 Å². The fraction of sp³-hybridized carbons (Fsp3) is 0.333. The van der Waals surface area contributed by atoms with Crippen LogP contribution in [-0.4, -0.2) is 10.1 Å². The van der Waals surface area contributed by atoms with Gasteiger partial charge in [-0.15, -0.1) is 0 Å². The van der Waals surface area contributed by atoms with Gasteiger partial charge in [0.1, 0.15) is 0 Å². The molecule has 0 saturated heterocycles. The van der Waals surface area contributed by atoms with Crippen LogP contribution in [0.3, 0.4) is 0 Å². The van der Waals surface area contributed by atoms with E-state index in [1.54, 1.807) is 0 Å². The van der Waals surface area contributed by atoms with Crippen molar-refractivity contribution in [3.05, 3.63) is 12.2 Å². The van der Waals surface area contributed by atoms with Crippen LogP contribution in [0.2, 0.25) is 0 Å². The molecule has 0 aromatic carbocycles. The van der Waals surface area contributed by atoms with Crippen molar-refractivity contribution in [1.29, 1.82) is 0 Å². The Balaban J connectivity index is 2.76. The molecule has 4 heteroatoms. The third-order valence-corrected chi connectivity index (χ3v) is 0.813. The molecule has 0 atom stereocenters. The maximum atomic E-state index is 4.55. The molecule has 1 rings (SSSR count). The first-order valence-electron chi connectivity index (χ1n) is 1.80. The van der Waals surface area contributed by atoms with Gasteiger partial charge in [-0.1, -0.05) is 5.16 Å². The second kappa shape index (κ2) is 1.97. The first-order valence-corrected chi connectivity index (χ1v) is 2.43. The fourth-order valence-corrected chi connectivity index (χ4v) is 0.405. The van der Waals surface area contributed by atoms with Gasteiger partial charge in [0.05, 0.1) is 5.75 Å². The van der Waals surface area contributed by atoms with Crippen LogP contribution < -0.4 is 0 Å². The average Bonchev–Trinajstić information content (AvgIpc) is 2.14.